The molecule has 0 radical (unpaired) electrons. The molecule has 27 heavy (non-hydrogen) atoms. The predicted molar refractivity (Wildman–Crippen MR) is 99.4 cm³/mol. The zero-order chi connectivity index (χ0) is 19.3. The summed E-state index contributed by atoms with van der Waals surface area (Å²) >= 11 is 0. The molecule has 1 aliphatic heterocycles. The van der Waals surface area contributed by atoms with Crippen molar-refractivity contribution in [1.82, 2.24) is 4.31 Å². The number of nitro groups is 1. The van der Waals surface area contributed by atoms with E-state index in [2.05, 4.69) is 0 Å². The predicted octanol–water partition coefficient (Wildman–Crippen LogP) is 0.563. The number of sulfonamides is 1. The van der Waals surface area contributed by atoms with E-state index >= 15 is 0 Å². The fraction of sp³-hybridized carbons (Fsp3) is 0.333. The standard InChI is InChI=1S/C18H21N3O5S/c22-21(23)16-6-8-18(9-7-16)27(24,25)20-12-10-19(11-13-20)14-15-26-17-4-2-1-3-5-17/h1-9H,10-15H2/p+1. The summed E-state index contributed by atoms with van der Waals surface area (Å²) in [7, 11) is -3.63. The molecular weight excluding hydrogens is 370 g/mol. The van der Waals surface area contributed by atoms with Gasteiger partial charge in [0.1, 0.15) is 18.9 Å². The quantitative estimate of drug-likeness (QED) is 0.549. The molecule has 0 saturated carbocycles. The van der Waals surface area contributed by atoms with Crippen molar-refractivity contribution in [3.05, 3.63) is 64.7 Å². The van der Waals surface area contributed by atoms with Gasteiger partial charge in [0.2, 0.25) is 10.0 Å². The van der Waals surface area contributed by atoms with E-state index in [4.69, 9.17) is 4.74 Å². The number of piperazine rings is 1. The average Bonchev–Trinajstić information content (AvgIpc) is 2.69. The molecule has 0 aromatic heterocycles. The Labute approximate surface area is 158 Å². The molecule has 0 amide bonds. The smallest absolute Gasteiger partial charge is 0.269 e. The van der Waals surface area contributed by atoms with Crippen LogP contribution in [0.2, 0.25) is 0 Å². The fourth-order valence-corrected chi connectivity index (χ4v) is 4.45. The highest BCUT2D eigenvalue weighted by molar-refractivity contribution is 7.89. The number of non-ortho nitro benzene ring substituents is 1. The maximum absolute atomic E-state index is 12.7. The van der Waals surface area contributed by atoms with Crippen molar-refractivity contribution >= 4 is 15.7 Å². The monoisotopic (exact) mass is 392 g/mol. The first-order valence-electron chi connectivity index (χ1n) is 8.73. The van der Waals surface area contributed by atoms with E-state index in [1.54, 1.807) is 0 Å². The zero-order valence-corrected chi connectivity index (χ0v) is 15.6. The summed E-state index contributed by atoms with van der Waals surface area (Å²) in [6.07, 6.45) is 0. The van der Waals surface area contributed by atoms with Gasteiger partial charge >= 0.3 is 0 Å². The van der Waals surface area contributed by atoms with Crippen molar-refractivity contribution in [1.29, 1.82) is 0 Å². The molecule has 9 heteroatoms. The number of para-hydroxylation sites is 1. The van der Waals surface area contributed by atoms with Gasteiger partial charge in [-0.3, -0.25) is 10.1 Å². The van der Waals surface area contributed by atoms with E-state index in [9.17, 15) is 18.5 Å². The lowest BCUT2D eigenvalue weighted by atomic mass is 10.3. The van der Waals surface area contributed by atoms with E-state index in [0.29, 0.717) is 32.8 Å². The molecule has 1 saturated heterocycles. The van der Waals surface area contributed by atoms with Gasteiger partial charge in [-0.15, -0.1) is 0 Å². The number of nitrogens with zero attached hydrogens (tertiary/aromatic N) is 2. The maximum Gasteiger partial charge on any atom is 0.269 e. The molecular formula is C18H22N3O5S+. The molecule has 0 spiro atoms. The van der Waals surface area contributed by atoms with Gasteiger partial charge < -0.3 is 9.64 Å². The molecule has 2 aromatic rings. The molecule has 0 atom stereocenters. The Kier molecular flexibility index (Phi) is 6.04. The Morgan fingerprint density at radius 1 is 1.04 bits per heavy atom. The molecule has 1 fully saturated rings. The van der Waals surface area contributed by atoms with Crippen LogP contribution in [0.4, 0.5) is 5.69 Å². The minimum absolute atomic E-state index is 0.0870. The number of quaternary nitrogens is 1. The summed E-state index contributed by atoms with van der Waals surface area (Å²) in [5.74, 6) is 0.830. The second-order valence-corrected chi connectivity index (χ2v) is 8.25. The van der Waals surface area contributed by atoms with E-state index in [1.807, 2.05) is 30.3 Å². The highest BCUT2D eigenvalue weighted by Gasteiger charge is 2.30. The Morgan fingerprint density at radius 2 is 1.67 bits per heavy atom. The molecule has 144 valence electrons. The molecule has 0 aliphatic carbocycles. The van der Waals surface area contributed by atoms with Crippen molar-refractivity contribution in [2.45, 2.75) is 4.90 Å². The van der Waals surface area contributed by atoms with E-state index in [-0.39, 0.29) is 10.6 Å². The number of ether oxygens (including phenoxy) is 1. The Balaban J connectivity index is 1.51. The number of nitro benzene ring substituents is 1. The summed E-state index contributed by atoms with van der Waals surface area (Å²) in [6.45, 7) is 3.61. The SMILES string of the molecule is O=[N+]([O-])c1ccc(S(=O)(=O)N2CC[NH+](CCOc3ccccc3)CC2)cc1. The Bertz CT molecular complexity index is 864. The second-order valence-electron chi connectivity index (χ2n) is 6.32. The van der Waals surface area contributed by atoms with Gasteiger partial charge in [0, 0.05) is 12.1 Å². The molecule has 0 unspecified atom stereocenters. The van der Waals surface area contributed by atoms with Crippen molar-refractivity contribution in [2.75, 3.05) is 39.3 Å². The molecule has 1 N–H and O–H groups in total. The third-order valence-corrected chi connectivity index (χ3v) is 6.50. The molecule has 1 heterocycles. The van der Waals surface area contributed by atoms with Crippen LogP contribution in [0.3, 0.4) is 0 Å². The van der Waals surface area contributed by atoms with Crippen LogP contribution in [0.25, 0.3) is 0 Å². The first-order chi connectivity index (χ1) is 13.0. The number of hydrogen-bond donors (Lipinski definition) is 1. The van der Waals surface area contributed by atoms with Crippen LogP contribution in [-0.4, -0.2) is 57.0 Å². The first kappa shape index (κ1) is 19.3. The Hall–Kier alpha value is -2.49. The van der Waals surface area contributed by atoms with Crippen molar-refractivity contribution in [3.63, 3.8) is 0 Å². The average molecular weight is 392 g/mol. The number of nitrogens with one attached hydrogen (secondary N) is 1. The largest absolute Gasteiger partial charge is 0.488 e. The van der Waals surface area contributed by atoms with Gasteiger partial charge in [-0.05, 0) is 24.3 Å². The van der Waals surface area contributed by atoms with Crippen LogP contribution in [0.15, 0.2) is 59.5 Å². The lowest BCUT2D eigenvalue weighted by molar-refractivity contribution is -0.903. The summed E-state index contributed by atoms with van der Waals surface area (Å²) in [6, 6.07) is 14.6. The van der Waals surface area contributed by atoms with Gasteiger partial charge in [-0.1, -0.05) is 18.2 Å². The van der Waals surface area contributed by atoms with Crippen molar-refractivity contribution in [3.8, 4) is 5.75 Å². The van der Waals surface area contributed by atoms with Gasteiger partial charge in [-0.2, -0.15) is 4.31 Å². The first-order valence-corrected chi connectivity index (χ1v) is 10.2. The van der Waals surface area contributed by atoms with Gasteiger partial charge in [-0.25, -0.2) is 8.42 Å². The third-order valence-electron chi connectivity index (χ3n) is 4.58. The van der Waals surface area contributed by atoms with Crippen LogP contribution in [0.1, 0.15) is 0 Å². The molecule has 2 aromatic carbocycles. The molecule has 8 nitrogen and oxygen atoms in total. The lowest BCUT2D eigenvalue weighted by Crippen LogP contribution is -3.15. The van der Waals surface area contributed by atoms with Crippen LogP contribution in [0.5, 0.6) is 5.75 Å². The van der Waals surface area contributed by atoms with Crippen LogP contribution in [0, 0.1) is 10.1 Å². The summed E-state index contributed by atoms with van der Waals surface area (Å²) < 4.78 is 32.5. The van der Waals surface area contributed by atoms with Crippen LogP contribution >= 0.6 is 0 Å². The lowest BCUT2D eigenvalue weighted by Gasteiger charge is -2.31. The fourth-order valence-electron chi connectivity index (χ4n) is 3.01. The van der Waals surface area contributed by atoms with Crippen molar-refractivity contribution in [2.24, 2.45) is 0 Å². The van der Waals surface area contributed by atoms with Gasteiger partial charge in [0.15, 0.2) is 0 Å². The molecule has 3 rings (SSSR count). The highest BCUT2D eigenvalue weighted by Crippen LogP contribution is 2.19. The number of hydrogen-bond acceptors (Lipinski definition) is 5. The number of benzene rings is 2. The van der Waals surface area contributed by atoms with Crippen molar-refractivity contribution < 1.29 is 23.0 Å². The molecule has 1 aliphatic rings. The van der Waals surface area contributed by atoms with E-state index in [1.165, 1.54) is 33.5 Å². The minimum atomic E-state index is -3.63. The maximum atomic E-state index is 12.7. The summed E-state index contributed by atoms with van der Waals surface area (Å²) in [4.78, 5) is 11.5. The van der Waals surface area contributed by atoms with Gasteiger partial charge in [0.05, 0.1) is 36.0 Å². The minimum Gasteiger partial charge on any atom is -0.488 e. The normalized spacial score (nSPS) is 16.1. The van der Waals surface area contributed by atoms with Gasteiger partial charge in [0.25, 0.3) is 5.69 Å². The van der Waals surface area contributed by atoms with Crippen LogP contribution < -0.4 is 9.64 Å². The summed E-state index contributed by atoms with van der Waals surface area (Å²) in [5, 5.41) is 10.7. The van der Waals surface area contributed by atoms with Crippen LogP contribution in [-0.2, 0) is 10.0 Å². The highest BCUT2D eigenvalue weighted by atomic mass is 32.2. The zero-order valence-electron chi connectivity index (χ0n) is 14.8. The topological polar surface area (TPSA) is 94.2 Å². The second kappa shape index (κ2) is 8.47. The Morgan fingerprint density at radius 3 is 2.26 bits per heavy atom. The summed E-state index contributed by atoms with van der Waals surface area (Å²) in [5.41, 5.74) is -0.123. The molecule has 0 bridgehead atoms. The third kappa shape index (κ3) is 4.82. The van der Waals surface area contributed by atoms with E-state index in [0.717, 1.165) is 12.3 Å². The number of rotatable bonds is 7. The van der Waals surface area contributed by atoms with E-state index < -0.39 is 14.9 Å².